The van der Waals surface area contributed by atoms with E-state index in [1.807, 2.05) is 38.1 Å². The van der Waals surface area contributed by atoms with E-state index in [1.54, 1.807) is 0 Å². The molecule has 0 bridgehead atoms. The first-order chi connectivity index (χ1) is 7.54. The highest BCUT2D eigenvalue weighted by atomic mass is 35.5. The first kappa shape index (κ1) is 13.0. The number of carbonyl (C=O) groups excluding carboxylic acids is 1. The Balaban J connectivity index is 2.62. The van der Waals surface area contributed by atoms with Crippen molar-refractivity contribution in [2.75, 3.05) is 6.54 Å². The van der Waals surface area contributed by atoms with Gasteiger partial charge in [0, 0.05) is 17.5 Å². The summed E-state index contributed by atoms with van der Waals surface area (Å²) in [5.41, 5.74) is 6.46. The maximum atomic E-state index is 11.6. The first-order valence-corrected chi connectivity index (χ1v) is 5.68. The minimum atomic E-state index is -0.158. The van der Waals surface area contributed by atoms with E-state index in [0.29, 0.717) is 11.6 Å². The Hall–Kier alpha value is -1.06. The Labute approximate surface area is 101 Å². The van der Waals surface area contributed by atoms with Gasteiger partial charge in [0.05, 0.1) is 6.04 Å². The van der Waals surface area contributed by atoms with Crippen molar-refractivity contribution in [2.45, 2.75) is 19.9 Å². The Morgan fingerprint density at radius 2 is 1.94 bits per heavy atom. The average molecular weight is 241 g/mol. The third-order valence-corrected chi connectivity index (χ3v) is 2.78. The molecule has 0 aliphatic carbocycles. The molecule has 0 aliphatic heterocycles. The monoisotopic (exact) mass is 240 g/mol. The largest absolute Gasteiger partial charge is 0.349 e. The zero-order valence-electron chi connectivity index (χ0n) is 9.53. The normalized spacial score (nSPS) is 14.2. The highest BCUT2D eigenvalue weighted by molar-refractivity contribution is 6.30. The number of hydrogen-bond donors (Lipinski definition) is 2. The third kappa shape index (κ3) is 3.51. The summed E-state index contributed by atoms with van der Waals surface area (Å²) in [5, 5.41) is 3.60. The molecule has 0 saturated heterocycles. The number of nitrogens with two attached hydrogens (primary N) is 1. The number of amides is 1. The van der Waals surface area contributed by atoms with Crippen molar-refractivity contribution in [3.05, 3.63) is 34.9 Å². The lowest BCUT2D eigenvalue weighted by Crippen LogP contribution is -2.34. The van der Waals surface area contributed by atoms with E-state index in [4.69, 9.17) is 17.3 Å². The van der Waals surface area contributed by atoms with Gasteiger partial charge in [-0.05, 0) is 24.6 Å². The Morgan fingerprint density at radius 1 is 1.38 bits per heavy atom. The molecule has 0 saturated carbocycles. The highest BCUT2D eigenvalue weighted by Crippen LogP contribution is 2.16. The van der Waals surface area contributed by atoms with Crippen LogP contribution in [0.15, 0.2) is 24.3 Å². The van der Waals surface area contributed by atoms with Crippen molar-refractivity contribution in [3.8, 4) is 0 Å². The quantitative estimate of drug-likeness (QED) is 0.847. The maximum absolute atomic E-state index is 11.6. The van der Waals surface area contributed by atoms with Crippen LogP contribution in [-0.4, -0.2) is 12.5 Å². The molecule has 0 fully saturated rings. The van der Waals surface area contributed by atoms with Crippen molar-refractivity contribution >= 4 is 17.5 Å². The van der Waals surface area contributed by atoms with Gasteiger partial charge in [-0.2, -0.15) is 0 Å². The van der Waals surface area contributed by atoms with E-state index >= 15 is 0 Å². The van der Waals surface area contributed by atoms with Crippen LogP contribution in [0, 0.1) is 5.92 Å². The van der Waals surface area contributed by atoms with Gasteiger partial charge in [-0.15, -0.1) is 0 Å². The second kappa shape index (κ2) is 5.87. The number of rotatable bonds is 4. The molecule has 0 spiro atoms. The number of halogens is 1. The second-order valence-electron chi connectivity index (χ2n) is 3.92. The van der Waals surface area contributed by atoms with E-state index in [9.17, 15) is 4.79 Å². The number of carbonyl (C=O) groups is 1. The lowest BCUT2D eigenvalue weighted by molar-refractivity contribution is -0.124. The zero-order valence-corrected chi connectivity index (χ0v) is 10.3. The highest BCUT2D eigenvalue weighted by Gasteiger charge is 2.14. The van der Waals surface area contributed by atoms with Gasteiger partial charge in [0.25, 0.3) is 0 Å². The van der Waals surface area contributed by atoms with E-state index < -0.39 is 0 Å². The van der Waals surface area contributed by atoms with Crippen molar-refractivity contribution in [1.29, 1.82) is 0 Å². The summed E-state index contributed by atoms with van der Waals surface area (Å²) in [7, 11) is 0. The van der Waals surface area contributed by atoms with E-state index in [2.05, 4.69) is 5.32 Å². The molecule has 88 valence electrons. The molecule has 0 heterocycles. The van der Waals surface area contributed by atoms with E-state index in [-0.39, 0.29) is 17.9 Å². The van der Waals surface area contributed by atoms with Gasteiger partial charge < -0.3 is 11.1 Å². The van der Waals surface area contributed by atoms with Crippen LogP contribution in [0.1, 0.15) is 25.5 Å². The number of nitrogens with one attached hydrogen (secondary N) is 1. The number of benzene rings is 1. The molecule has 1 amide bonds. The van der Waals surface area contributed by atoms with Crippen molar-refractivity contribution in [1.82, 2.24) is 5.32 Å². The summed E-state index contributed by atoms with van der Waals surface area (Å²) in [6.07, 6.45) is 0. The van der Waals surface area contributed by atoms with Gasteiger partial charge in [0.2, 0.25) is 5.91 Å². The molecule has 1 aromatic carbocycles. The molecule has 4 heteroatoms. The lowest BCUT2D eigenvalue weighted by atomic mass is 10.1. The van der Waals surface area contributed by atoms with E-state index in [0.717, 1.165) is 5.56 Å². The molecular formula is C12H17ClN2O. The molecular weight excluding hydrogens is 224 g/mol. The summed E-state index contributed by atoms with van der Waals surface area (Å²) in [4.78, 5) is 11.6. The summed E-state index contributed by atoms with van der Waals surface area (Å²) in [6.45, 7) is 4.10. The fourth-order valence-electron chi connectivity index (χ4n) is 1.30. The van der Waals surface area contributed by atoms with Crippen LogP contribution in [0.2, 0.25) is 5.02 Å². The Kier molecular flexibility index (Phi) is 4.77. The topological polar surface area (TPSA) is 55.1 Å². The van der Waals surface area contributed by atoms with Gasteiger partial charge >= 0.3 is 0 Å². The van der Waals surface area contributed by atoms with Crippen LogP contribution in [0.5, 0.6) is 0 Å². The summed E-state index contributed by atoms with van der Waals surface area (Å²) in [5.74, 6) is -0.181. The third-order valence-electron chi connectivity index (χ3n) is 2.53. The Bertz CT molecular complexity index is 351. The van der Waals surface area contributed by atoms with Crippen LogP contribution in [0.3, 0.4) is 0 Å². The van der Waals surface area contributed by atoms with Crippen LogP contribution < -0.4 is 11.1 Å². The SMILES string of the molecule is CC(CN)C(=O)N[C@H](C)c1ccc(Cl)cc1. The molecule has 0 radical (unpaired) electrons. The number of hydrogen-bond acceptors (Lipinski definition) is 2. The van der Waals surface area contributed by atoms with Gasteiger partial charge in [-0.25, -0.2) is 0 Å². The standard InChI is InChI=1S/C12H17ClN2O/c1-8(7-14)12(16)15-9(2)10-3-5-11(13)6-4-10/h3-6,8-9H,7,14H2,1-2H3,(H,15,16)/t8?,9-/m1/s1. The second-order valence-corrected chi connectivity index (χ2v) is 4.36. The predicted molar refractivity (Wildman–Crippen MR) is 66.2 cm³/mol. The van der Waals surface area contributed by atoms with Gasteiger partial charge in [-0.1, -0.05) is 30.7 Å². The van der Waals surface area contributed by atoms with Crippen molar-refractivity contribution in [2.24, 2.45) is 11.7 Å². The smallest absolute Gasteiger partial charge is 0.224 e. The molecule has 3 nitrogen and oxygen atoms in total. The minimum absolute atomic E-state index is 0.0232. The summed E-state index contributed by atoms with van der Waals surface area (Å²) in [6, 6.07) is 7.40. The first-order valence-electron chi connectivity index (χ1n) is 5.30. The maximum Gasteiger partial charge on any atom is 0.224 e. The predicted octanol–water partition coefficient (Wildman–Crippen LogP) is 2.11. The molecule has 1 unspecified atom stereocenters. The fourth-order valence-corrected chi connectivity index (χ4v) is 1.42. The molecule has 0 aromatic heterocycles. The summed E-state index contributed by atoms with van der Waals surface area (Å²) >= 11 is 5.79. The average Bonchev–Trinajstić information content (AvgIpc) is 2.28. The molecule has 1 aromatic rings. The van der Waals surface area contributed by atoms with Gasteiger partial charge in [0.1, 0.15) is 0 Å². The van der Waals surface area contributed by atoms with Crippen LogP contribution in [0.4, 0.5) is 0 Å². The van der Waals surface area contributed by atoms with Crippen LogP contribution in [-0.2, 0) is 4.79 Å². The molecule has 16 heavy (non-hydrogen) atoms. The van der Waals surface area contributed by atoms with Crippen molar-refractivity contribution in [3.63, 3.8) is 0 Å². The molecule has 1 rings (SSSR count). The molecule has 3 N–H and O–H groups in total. The zero-order chi connectivity index (χ0) is 12.1. The molecule has 2 atom stereocenters. The Morgan fingerprint density at radius 3 is 2.44 bits per heavy atom. The van der Waals surface area contributed by atoms with Gasteiger partial charge in [0.15, 0.2) is 0 Å². The van der Waals surface area contributed by atoms with Crippen molar-refractivity contribution < 1.29 is 4.79 Å². The minimum Gasteiger partial charge on any atom is -0.349 e. The fraction of sp³-hybridized carbons (Fsp3) is 0.417. The molecule has 0 aliphatic rings. The lowest BCUT2D eigenvalue weighted by Gasteiger charge is -2.17. The summed E-state index contributed by atoms with van der Waals surface area (Å²) < 4.78 is 0. The van der Waals surface area contributed by atoms with Crippen LogP contribution >= 0.6 is 11.6 Å². The van der Waals surface area contributed by atoms with Crippen LogP contribution in [0.25, 0.3) is 0 Å². The van der Waals surface area contributed by atoms with Gasteiger partial charge in [-0.3, -0.25) is 4.79 Å². The van der Waals surface area contributed by atoms with E-state index in [1.165, 1.54) is 0 Å².